The summed E-state index contributed by atoms with van der Waals surface area (Å²) in [5.74, 6) is -0.448. The first-order valence-corrected chi connectivity index (χ1v) is 9.34. The lowest BCUT2D eigenvalue weighted by Gasteiger charge is -2.34. The van der Waals surface area contributed by atoms with E-state index in [-0.39, 0.29) is 17.8 Å². The highest BCUT2D eigenvalue weighted by Crippen LogP contribution is 2.22. The predicted octanol–water partition coefficient (Wildman–Crippen LogP) is 0.998. The molecule has 1 unspecified atom stereocenters. The van der Waals surface area contributed by atoms with Gasteiger partial charge in [-0.2, -0.15) is 5.10 Å². The number of halogens is 1. The molecule has 2 aromatic rings. The molecule has 0 spiro atoms. The normalized spacial score (nSPS) is 18.7. The van der Waals surface area contributed by atoms with Crippen molar-refractivity contribution in [1.29, 1.82) is 0 Å². The molecular weight excluding hydrogens is 349 g/mol. The molecule has 8 heteroatoms. The molecule has 0 bridgehead atoms. The van der Waals surface area contributed by atoms with Crippen LogP contribution in [0, 0.1) is 5.82 Å². The van der Waals surface area contributed by atoms with E-state index in [9.17, 15) is 9.18 Å². The van der Waals surface area contributed by atoms with Crippen LogP contribution in [-0.4, -0.2) is 60.4 Å². The monoisotopic (exact) mass is 373 g/mol. The van der Waals surface area contributed by atoms with Gasteiger partial charge in [0.15, 0.2) is 5.69 Å². The van der Waals surface area contributed by atoms with Gasteiger partial charge in [-0.1, -0.05) is 12.1 Å². The summed E-state index contributed by atoms with van der Waals surface area (Å²) in [6.07, 6.45) is 0.849. The number of hydrogen-bond donors (Lipinski definition) is 3. The number of nitrogens with one attached hydrogen (secondary N) is 3. The summed E-state index contributed by atoms with van der Waals surface area (Å²) >= 11 is 0. The van der Waals surface area contributed by atoms with Crippen LogP contribution in [0.3, 0.4) is 0 Å². The van der Waals surface area contributed by atoms with Crippen molar-refractivity contribution in [3.05, 3.63) is 52.6 Å². The standard InChI is InChI=1S/C19H24FN5O2/c20-14-3-1-13(2-4-14)17(25-7-9-27-10-8-25)12-22-19(26)18-15-11-21-6-5-16(15)23-24-18/h1-4,17,21H,5-12H2,(H,22,26)(H,23,24). The molecule has 1 saturated heterocycles. The van der Waals surface area contributed by atoms with E-state index in [0.717, 1.165) is 42.9 Å². The van der Waals surface area contributed by atoms with Gasteiger partial charge < -0.3 is 15.4 Å². The largest absolute Gasteiger partial charge is 0.379 e. The molecule has 4 rings (SSSR count). The van der Waals surface area contributed by atoms with Crippen molar-refractivity contribution in [2.45, 2.75) is 19.0 Å². The fourth-order valence-electron chi connectivity index (χ4n) is 3.72. The summed E-state index contributed by atoms with van der Waals surface area (Å²) in [6.45, 7) is 4.84. The van der Waals surface area contributed by atoms with Gasteiger partial charge in [0, 0.05) is 50.4 Å². The predicted molar refractivity (Wildman–Crippen MR) is 97.9 cm³/mol. The number of carbonyl (C=O) groups excluding carboxylic acids is 1. The van der Waals surface area contributed by atoms with Crippen molar-refractivity contribution in [3.8, 4) is 0 Å². The van der Waals surface area contributed by atoms with Gasteiger partial charge >= 0.3 is 0 Å². The van der Waals surface area contributed by atoms with Crippen LogP contribution in [0.1, 0.15) is 33.4 Å². The average Bonchev–Trinajstić information content (AvgIpc) is 3.14. The van der Waals surface area contributed by atoms with Crippen LogP contribution in [0.4, 0.5) is 4.39 Å². The van der Waals surface area contributed by atoms with Gasteiger partial charge in [-0.15, -0.1) is 0 Å². The molecule has 1 atom stereocenters. The number of aromatic nitrogens is 2. The maximum atomic E-state index is 13.3. The number of morpholine rings is 1. The van der Waals surface area contributed by atoms with Crippen LogP contribution in [0.5, 0.6) is 0 Å². The lowest BCUT2D eigenvalue weighted by atomic mass is 10.0. The fourth-order valence-corrected chi connectivity index (χ4v) is 3.72. The number of rotatable bonds is 5. The first-order chi connectivity index (χ1) is 13.2. The third kappa shape index (κ3) is 4.02. The number of nitrogens with zero attached hydrogens (tertiary/aromatic N) is 2. The van der Waals surface area contributed by atoms with E-state index in [1.807, 2.05) is 0 Å². The van der Waals surface area contributed by atoms with Crippen molar-refractivity contribution < 1.29 is 13.9 Å². The number of aromatic amines is 1. The minimum absolute atomic E-state index is 0.0358. The quantitative estimate of drug-likeness (QED) is 0.728. The highest BCUT2D eigenvalue weighted by atomic mass is 19.1. The summed E-state index contributed by atoms with van der Waals surface area (Å²) in [6, 6.07) is 6.44. The van der Waals surface area contributed by atoms with Crippen LogP contribution in [0.25, 0.3) is 0 Å². The minimum atomic E-state index is -0.265. The Balaban J connectivity index is 1.48. The van der Waals surface area contributed by atoms with Crippen molar-refractivity contribution >= 4 is 5.91 Å². The molecule has 1 fully saturated rings. The third-order valence-electron chi connectivity index (χ3n) is 5.22. The smallest absolute Gasteiger partial charge is 0.272 e. The molecule has 27 heavy (non-hydrogen) atoms. The van der Waals surface area contributed by atoms with Gasteiger partial charge in [-0.25, -0.2) is 4.39 Å². The first-order valence-electron chi connectivity index (χ1n) is 9.34. The highest BCUT2D eigenvalue weighted by Gasteiger charge is 2.26. The molecule has 0 radical (unpaired) electrons. The first kappa shape index (κ1) is 18.1. The van der Waals surface area contributed by atoms with Gasteiger partial charge in [0.05, 0.1) is 19.3 Å². The summed E-state index contributed by atoms with van der Waals surface area (Å²) < 4.78 is 18.8. The molecule has 3 N–H and O–H groups in total. The fraction of sp³-hybridized carbons (Fsp3) is 0.474. The van der Waals surface area contributed by atoms with E-state index in [1.165, 1.54) is 12.1 Å². The van der Waals surface area contributed by atoms with Crippen LogP contribution < -0.4 is 10.6 Å². The van der Waals surface area contributed by atoms with E-state index >= 15 is 0 Å². The molecule has 3 heterocycles. The molecular formula is C19H24FN5O2. The summed E-state index contributed by atoms with van der Waals surface area (Å²) in [5.41, 5.74) is 3.41. The van der Waals surface area contributed by atoms with Crippen molar-refractivity contribution in [2.75, 3.05) is 39.4 Å². The van der Waals surface area contributed by atoms with Crippen LogP contribution in [0.2, 0.25) is 0 Å². The number of benzene rings is 1. The Hall–Kier alpha value is -2.29. The highest BCUT2D eigenvalue weighted by molar-refractivity contribution is 5.94. The number of fused-ring (bicyclic) bond motifs is 1. The molecule has 0 aliphatic carbocycles. The maximum absolute atomic E-state index is 13.3. The van der Waals surface area contributed by atoms with E-state index in [1.54, 1.807) is 12.1 Å². The Morgan fingerprint density at radius 2 is 2.07 bits per heavy atom. The van der Waals surface area contributed by atoms with E-state index in [2.05, 4.69) is 25.7 Å². The van der Waals surface area contributed by atoms with Gasteiger partial charge in [-0.3, -0.25) is 14.8 Å². The number of amides is 1. The number of carbonyl (C=O) groups is 1. The molecule has 144 valence electrons. The minimum Gasteiger partial charge on any atom is -0.379 e. The van der Waals surface area contributed by atoms with E-state index < -0.39 is 0 Å². The van der Waals surface area contributed by atoms with Gasteiger partial charge in [0.2, 0.25) is 0 Å². The molecule has 2 aliphatic rings. The molecule has 1 aromatic heterocycles. The Morgan fingerprint density at radius 3 is 2.85 bits per heavy atom. The molecule has 7 nitrogen and oxygen atoms in total. The van der Waals surface area contributed by atoms with Gasteiger partial charge in [-0.05, 0) is 17.7 Å². The second kappa shape index (κ2) is 8.16. The second-order valence-corrected chi connectivity index (χ2v) is 6.88. The number of ether oxygens (including phenoxy) is 1. The van der Waals surface area contributed by atoms with Crippen molar-refractivity contribution in [3.63, 3.8) is 0 Å². The van der Waals surface area contributed by atoms with Crippen LogP contribution >= 0.6 is 0 Å². The van der Waals surface area contributed by atoms with Gasteiger partial charge in [0.25, 0.3) is 5.91 Å². The number of H-pyrrole nitrogens is 1. The lowest BCUT2D eigenvalue weighted by Crippen LogP contribution is -2.44. The zero-order valence-corrected chi connectivity index (χ0v) is 15.1. The second-order valence-electron chi connectivity index (χ2n) is 6.88. The van der Waals surface area contributed by atoms with E-state index in [0.29, 0.717) is 32.0 Å². The summed E-state index contributed by atoms with van der Waals surface area (Å²) in [4.78, 5) is 15.0. The lowest BCUT2D eigenvalue weighted by molar-refractivity contribution is 0.0162. The Bertz CT molecular complexity index is 786. The zero-order valence-electron chi connectivity index (χ0n) is 15.1. The number of hydrogen-bond acceptors (Lipinski definition) is 5. The van der Waals surface area contributed by atoms with Crippen LogP contribution in [0.15, 0.2) is 24.3 Å². The topological polar surface area (TPSA) is 82.3 Å². The maximum Gasteiger partial charge on any atom is 0.272 e. The molecule has 0 saturated carbocycles. The zero-order chi connectivity index (χ0) is 18.6. The van der Waals surface area contributed by atoms with Gasteiger partial charge in [0.1, 0.15) is 5.82 Å². The third-order valence-corrected chi connectivity index (χ3v) is 5.22. The van der Waals surface area contributed by atoms with Crippen molar-refractivity contribution in [2.24, 2.45) is 0 Å². The molecule has 1 amide bonds. The Morgan fingerprint density at radius 1 is 1.30 bits per heavy atom. The van der Waals surface area contributed by atoms with Crippen molar-refractivity contribution in [1.82, 2.24) is 25.7 Å². The van der Waals surface area contributed by atoms with E-state index in [4.69, 9.17) is 4.74 Å². The van der Waals surface area contributed by atoms with Crippen LogP contribution in [-0.2, 0) is 17.7 Å². The molecule has 1 aromatic carbocycles. The Kier molecular flexibility index (Phi) is 5.47. The Labute approximate surface area is 157 Å². The summed E-state index contributed by atoms with van der Waals surface area (Å²) in [5, 5.41) is 13.5. The average molecular weight is 373 g/mol. The summed E-state index contributed by atoms with van der Waals surface area (Å²) in [7, 11) is 0. The SMILES string of the molecule is O=C(NCC(c1ccc(F)cc1)N1CCOCC1)c1n[nH]c2c1CNCC2. The molecule has 2 aliphatic heterocycles.